The molecule has 1 unspecified atom stereocenters. The number of carbonyl (C=O) groups excluding carboxylic acids is 2. The second-order valence-corrected chi connectivity index (χ2v) is 6.33. The highest BCUT2D eigenvalue weighted by molar-refractivity contribution is 5.96. The van der Waals surface area contributed by atoms with E-state index in [9.17, 15) is 9.59 Å². The molecule has 2 aromatic carbocycles. The first kappa shape index (κ1) is 20.5. The lowest BCUT2D eigenvalue weighted by Gasteiger charge is -2.25. The summed E-state index contributed by atoms with van der Waals surface area (Å²) in [5, 5.41) is 5.52. The van der Waals surface area contributed by atoms with Gasteiger partial charge in [-0.1, -0.05) is 30.3 Å². The van der Waals surface area contributed by atoms with E-state index in [1.165, 1.54) is 0 Å². The molecule has 0 aliphatic carbocycles. The SMILES string of the molecule is CCOc1ccc(C(=O)NCC(=O)NCC(c2ccccc2)N(C)C)cc1. The van der Waals surface area contributed by atoms with Crippen LogP contribution >= 0.6 is 0 Å². The van der Waals surface area contributed by atoms with Gasteiger partial charge in [0, 0.05) is 12.1 Å². The summed E-state index contributed by atoms with van der Waals surface area (Å²) < 4.78 is 5.35. The summed E-state index contributed by atoms with van der Waals surface area (Å²) in [5.41, 5.74) is 1.61. The highest BCUT2D eigenvalue weighted by Gasteiger charge is 2.15. The molecular formula is C21H27N3O3. The second-order valence-electron chi connectivity index (χ2n) is 6.33. The van der Waals surface area contributed by atoms with Gasteiger partial charge in [-0.15, -0.1) is 0 Å². The Hall–Kier alpha value is -2.86. The molecule has 2 rings (SSSR count). The van der Waals surface area contributed by atoms with Crippen molar-refractivity contribution in [1.29, 1.82) is 0 Å². The van der Waals surface area contributed by atoms with Crippen LogP contribution in [0, 0.1) is 0 Å². The Labute approximate surface area is 160 Å². The van der Waals surface area contributed by atoms with Gasteiger partial charge in [-0.05, 0) is 50.8 Å². The van der Waals surface area contributed by atoms with Gasteiger partial charge >= 0.3 is 0 Å². The first-order chi connectivity index (χ1) is 13.0. The Morgan fingerprint density at radius 3 is 2.26 bits per heavy atom. The van der Waals surface area contributed by atoms with Crippen molar-refractivity contribution in [2.75, 3.05) is 33.8 Å². The molecule has 2 N–H and O–H groups in total. The van der Waals surface area contributed by atoms with Crippen molar-refractivity contribution in [2.24, 2.45) is 0 Å². The molecule has 0 fully saturated rings. The van der Waals surface area contributed by atoms with Crippen molar-refractivity contribution >= 4 is 11.8 Å². The topological polar surface area (TPSA) is 70.7 Å². The van der Waals surface area contributed by atoms with Crippen molar-refractivity contribution < 1.29 is 14.3 Å². The van der Waals surface area contributed by atoms with E-state index in [1.54, 1.807) is 24.3 Å². The molecule has 2 aromatic rings. The monoisotopic (exact) mass is 369 g/mol. The molecule has 144 valence electrons. The molecule has 0 aromatic heterocycles. The van der Waals surface area contributed by atoms with Gasteiger partial charge in [-0.25, -0.2) is 0 Å². The summed E-state index contributed by atoms with van der Waals surface area (Å²) in [7, 11) is 3.94. The van der Waals surface area contributed by atoms with E-state index in [2.05, 4.69) is 10.6 Å². The molecule has 0 heterocycles. The third-order valence-corrected chi connectivity index (χ3v) is 4.14. The Morgan fingerprint density at radius 2 is 1.67 bits per heavy atom. The number of benzene rings is 2. The average molecular weight is 369 g/mol. The van der Waals surface area contributed by atoms with Crippen molar-refractivity contribution in [2.45, 2.75) is 13.0 Å². The Balaban J connectivity index is 1.82. The van der Waals surface area contributed by atoms with Gasteiger partial charge in [0.1, 0.15) is 5.75 Å². The van der Waals surface area contributed by atoms with Crippen LogP contribution in [-0.2, 0) is 4.79 Å². The van der Waals surface area contributed by atoms with Gasteiger partial charge in [0.25, 0.3) is 5.91 Å². The molecule has 0 spiro atoms. The van der Waals surface area contributed by atoms with Crippen LogP contribution < -0.4 is 15.4 Å². The molecule has 2 amide bonds. The predicted octanol–water partition coefficient (Wildman–Crippen LogP) is 2.23. The minimum Gasteiger partial charge on any atom is -0.494 e. The minimum absolute atomic E-state index is 0.0666. The van der Waals surface area contributed by atoms with Gasteiger partial charge < -0.3 is 20.3 Å². The number of carbonyl (C=O) groups is 2. The van der Waals surface area contributed by atoms with Gasteiger partial charge in [0.15, 0.2) is 0 Å². The van der Waals surface area contributed by atoms with Crippen molar-refractivity contribution in [3.05, 3.63) is 65.7 Å². The second kappa shape index (κ2) is 10.3. The number of nitrogens with zero attached hydrogens (tertiary/aromatic N) is 1. The number of hydrogen-bond acceptors (Lipinski definition) is 4. The lowest BCUT2D eigenvalue weighted by molar-refractivity contribution is -0.120. The minimum atomic E-state index is -0.291. The normalized spacial score (nSPS) is 11.7. The third-order valence-electron chi connectivity index (χ3n) is 4.14. The van der Waals surface area contributed by atoms with E-state index >= 15 is 0 Å². The fraction of sp³-hybridized carbons (Fsp3) is 0.333. The van der Waals surface area contributed by atoms with Crippen molar-refractivity contribution in [3.63, 3.8) is 0 Å². The molecule has 0 saturated carbocycles. The van der Waals surface area contributed by atoms with E-state index in [0.717, 1.165) is 5.56 Å². The summed E-state index contributed by atoms with van der Waals surface area (Å²) in [4.78, 5) is 26.3. The Morgan fingerprint density at radius 1 is 1.00 bits per heavy atom. The molecule has 0 saturated heterocycles. The lowest BCUT2D eigenvalue weighted by atomic mass is 10.1. The van der Waals surface area contributed by atoms with Crippen LogP contribution in [-0.4, -0.2) is 50.5 Å². The van der Waals surface area contributed by atoms with Crippen LogP contribution in [0.5, 0.6) is 5.75 Å². The number of rotatable bonds is 9. The summed E-state index contributed by atoms with van der Waals surface area (Å²) >= 11 is 0. The van der Waals surface area contributed by atoms with E-state index in [1.807, 2.05) is 56.3 Å². The zero-order chi connectivity index (χ0) is 19.6. The van der Waals surface area contributed by atoms with E-state index < -0.39 is 0 Å². The molecule has 6 nitrogen and oxygen atoms in total. The average Bonchev–Trinajstić information content (AvgIpc) is 2.67. The van der Waals surface area contributed by atoms with E-state index in [-0.39, 0.29) is 24.4 Å². The van der Waals surface area contributed by atoms with E-state index in [4.69, 9.17) is 4.74 Å². The quantitative estimate of drug-likeness (QED) is 0.711. The van der Waals surface area contributed by atoms with Crippen LogP contribution in [0.3, 0.4) is 0 Å². The van der Waals surface area contributed by atoms with Crippen LogP contribution in [0.25, 0.3) is 0 Å². The first-order valence-corrected chi connectivity index (χ1v) is 9.00. The summed E-state index contributed by atoms with van der Waals surface area (Å²) in [6.45, 7) is 2.87. The van der Waals surface area contributed by atoms with Gasteiger partial charge in [-0.2, -0.15) is 0 Å². The lowest BCUT2D eigenvalue weighted by Crippen LogP contribution is -2.40. The molecule has 27 heavy (non-hydrogen) atoms. The highest BCUT2D eigenvalue weighted by Crippen LogP contribution is 2.16. The summed E-state index contributed by atoms with van der Waals surface area (Å²) in [5.74, 6) is 0.194. The smallest absolute Gasteiger partial charge is 0.251 e. The number of nitrogens with one attached hydrogen (secondary N) is 2. The van der Waals surface area contributed by atoms with Gasteiger partial charge in [0.05, 0.1) is 19.2 Å². The fourth-order valence-corrected chi connectivity index (χ4v) is 2.68. The number of hydrogen-bond donors (Lipinski definition) is 2. The zero-order valence-corrected chi connectivity index (χ0v) is 16.1. The maximum absolute atomic E-state index is 12.1. The van der Waals surface area contributed by atoms with Crippen LogP contribution in [0.2, 0.25) is 0 Å². The number of likely N-dealkylation sites (N-methyl/N-ethyl adjacent to an activating group) is 1. The number of amides is 2. The van der Waals surface area contributed by atoms with Crippen LogP contribution in [0.4, 0.5) is 0 Å². The molecule has 1 atom stereocenters. The molecule has 0 aliphatic rings. The predicted molar refractivity (Wildman–Crippen MR) is 106 cm³/mol. The van der Waals surface area contributed by atoms with Gasteiger partial charge in [0.2, 0.25) is 5.91 Å². The maximum atomic E-state index is 12.1. The van der Waals surface area contributed by atoms with Crippen LogP contribution in [0.1, 0.15) is 28.9 Å². The summed E-state index contributed by atoms with van der Waals surface area (Å²) in [6, 6.07) is 16.9. The third kappa shape index (κ3) is 6.42. The zero-order valence-electron chi connectivity index (χ0n) is 16.1. The molecule has 0 radical (unpaired) electrons. The summed E-state index contributed by atoms with van der Waals surface area (Å²) in [6.07, 6.45) is 0. The molecule has 0 aliphatic heterocycles. The van der Waals surface area contributed by atoms with Crippen molar-refractivity contribution in [1.82, 2.24) is 15.5 Å². The molecule has 6 heteroatoms. The van der Waals surface area contributed by atoms with E-state index in [0.29, 0.717) is 24.5 Å². The fourth-order valence-electron chi connectivity index (χ4n) is 2.68. The Kier molecular flexibility index (Phi) is 7.82. The first-order valence-electron chi connectivity index (χ1n) is 9.00. The Bertz CT molecular complexity index is 730. The van der Waals surface area contributed by atoms with Gasteiger partial charge in [-0.3, -0.25) is 9.59 Å². The molecule has 0 bridgehead atoms. The largest absolute Gasteiger partial charge is 0.494 e. The maximum Gasteiger partial charge on any atom is 0.251 e. The standard InChI is InChI=1S/C21H27N3O3/c1-4-27-18-12-10-17(11-13-18)21(26)23-15-20(25)22-14-19(24(2)3)16-8-6-5-7-9-16/h5-13,19H,4,14-15H2,1-3H3,(H,22,25)(H,23,26). The van der Waals surface area contributed by atoms with Crippen LogP contribution in [0.15, 0.2) is 54.6 Å². The number of ether oxygens (including phenoxy) is 1. The highest BCUT2D eigenvalue weighted by atomic mass is 16.5. The van der Waals surface area contributed by atoms with Crippen molar-refractivity contribution in [3.8, 4) is 5.75 Å². The molecular weight excluding hydrogens is 342 g/mol.